The molecule has 2 aromatic carbocycles. The molecule has 0 fully saturated rings. The normalized spacial score (nSPS) is 14.7. The monoisotopic (exact) mass is 673 g/mol. The van der Waals surface area contributed by atoms with Gasteiger partial charge in [0.15, 0.2) is 8.32 Å². The highest BCUT2D eigenvalue weighted by molar-refractivity contribution is 14.1. The Bertz CT molecular complexity index is 1100. The zero-order valence-corrected chi connectivity index (χ0v) is 29.6. The van der Waals surface area contributed by atoms with Crippen LogP contribution in [0, 0.1) is 17.2 Å². The maximum atomic E-state index is 10.00. The second kappa shape index (κ2) is 14.4. The van der Waals surface area contributed by atoms with E-state index in [2.05, 4.69) is 157 Å². The highest BCUT2D eigenvalue weighted by Crippen LogP contribution is 2.39. The molecule has 1 atom stereocenters. The van der Waals surface area contributed by atoms with Crippen LogP contribution < -0.4 is 10.4 Å². The van der Waals surface area contributed by atoms with Gasteiger partial charge in [-0.15, -0.1) is 0 Å². The van der Waals surface area contributed by atoms with Crippen LogP contribution in [0.3, 0.4) is 0 Å². The van der Waals surface area contributed by atoms with Crippen molar-refractivity contribution in [3.63, 3.8) is 0 Å². The lowest BCUT2D eigenvalue weighted by molar-refractivity contribution is 0.301. The number of hydrogen-bond donors (Lipinski definition) is 0. The Morgan fingerprint density at radius 1 is 0.872 bits per heavy atom. The summed E-state index contributed by atoms with van der Waals surface area (Å²) >= 11 is 2.23. The first kappa shape index (κ1) is 33.7. The summed E-state index contributed by atoms with van der Waals surface area (Å²) in [6.45, 7) is 21.6. The lowest BCUT2D eigenvalue weighted by Crippen LogP contribution is -2.66. The van der Waals surface area contributed by atoms with Crippen LogP contribution >= 0.6 is 22.6 Å². The van der Waals surface area contributed by atoms with Crippen molar-refractivity contribution in [2.45, 2.75) is 84.5 Å². The summed E-state index contributed by atoms with van der Waals surface area (Å²) in [7, 11) is -4.62. The van der Waals surface area contributed by atoms with E-state index in [1.807, 2.05) is 4.08 Å². The van der Waals surface area contributed by atoms with Crippen molar-refractivity contribution >= 4 is 49.6 Å². The summed E-state index contributed by atoms with van der Waals surface area (Å²) in [4.78, 5) is 0. The van der Waals surface area contributed by atoms with E-state index in [4.69, 9.17) is 8.85 Å². The molecule has 2 aromatic rings. The third kappa shape index (κ3) is 8.74. The third-order valence-electron chi connectivity index (χ3n) is 8.12. The Kier molecular flexibility index (Phi) is 12.4. The molecule has 0 spiro atoms. The number of rotatable bonds is 12. The first-order valence-corrected chi connectivity index (χ1v) is 20.0. The quantitative estimate of drug-likeness (QED) is 0.129. The van der Waals surface area contributed by atoms with Gasteiger partial charge in [-0.1, -0.05) is 131 Å². The molecular weight excluding hydrogens is 625 g/mol. The van der Waals surface area contributed by atoms with Gasteiger partial charge < -0.3 is 8.85 Å². The maximum absolute atomic E-state index is 10.00. The van der Waals surface area contributed by atoms with Gasteiger partial charge >= 0.3 is 0 Å². The Hall–Kier alpha value is -1.51. The van der Waals surface area contributed by atoms with Crippen molar-refractivity contribution in [2.24, 2.45) is 5.92 Å². The Morgan fingerprint density at radius 3 is 1.79 bits per heavy atom. The molecule has 6 heteroatoms. The topological polar surface area (TPSA) is 42.2 Å². The molecule has 0 saturated heterocycles. The zero-order chi connectivity index (χ0) is 29.3. The Balaban J connectivity index is 2.58. The number of allylic oxidation sites excluding steroid dienone is 1. The van der Waals surface area contributed by atoms with E-state index in [1.165, 1.54) is 21.5 Å². The van der Waals surface area contributed by atoms with Crippen molar-refractivity contribution in [1.82, 2.24) is 0 Å². The highest BCUT2D eigenvalue weighted by Gasteiger charge is 2.50. The molecule has 0 aliphatic rings. The number of halogens is 1. The van der Waals surface area contributed by atoms with E-state index >= 15 is 0 Å². The van der Waals surface area contributed by atoms with Gasteiger partial charge in [-0.25, -0.2) is 0 Å². The maximum Gasteiger partial charge on any atom is 0.261 e. The minimum absolute atomic E-state index is 0.100. The van der Waals surface area contributed by atoms with Gasteiger partial charge in [0.25, 0.3) is 8.32 Å². The molecule has 212 valence electrons. The van der Waals surface area contributed by atoms with Crippen LogP contribution in [-0.4, -0.2) is 29.8 Å². The second-order valence-corrected chi connectivity index (χ2v) is 22.8. The van der Waals surface area contributed by atoms with Crippen LogP contribution in [0.15, 0.2) is 82.0 Å². The molecule has 0 heterocycles. The number of nitrogens with zero attached hydrogens (tertiary/aromatic N) is 1. The molecule has 0 aromatic heterocycles. The zero-order valence-electron chi connectivity index (χ0n) is 25.5. The largest absolute Gasteiger partial charge is 0.413 e. The predicted octanol–water partition coefficient (Wildman–Crippen LogP) is 8.77. The summed E-state index contributed by atoms with van der Waals surface area (Å²) in [5.41, 5.74) is 2.38. The van der Waals surface area contributed by atoms with E-state index in [0.29, 0.717) is 19.6 Å². The molecule has 0 aliphatic heterocycles. The average molecular weight is 674 g/mol. The Morgan fingerprint density at radius 2 is 1.38 bits per heavy atom. The molecule has 0 amide bonds. The minimum Gasteiger partial charge on any atom is -0.413 e. The van der Waals surface area contributed by atoms with Gasteiger partial charge in [0.1, 0.15) is 0 Å². The van der Waals surface area contributed by atoms with Crippen molar-refractivity contribution in [3.05, 3.63) is 82.0 Å². The standard InChI is InChI=1S/C33H48INO2Si2/c1-27(25-36-38(8,9)32(2,3)4)29(23-28(24-35)17-16-22-34)26-37-39(33(5,6)7,30-18-12-10-13-19-30)31-20-14-11-15-21-31/h10-16,18-22,28H,17,23,25-26H2,1-9H3/b22-16-,29-27+/t28-/m1/s1. The van der Waals surface area contributed by atoms with Crippen molar-refractivity contribution in [2.75, 3.05) is 13.2 Å². The molecule has 0 aliphatic carbocycles. The third-order valence-corrected chi connectivity index (χ3v) is 18.1. The average Bonchev–Trinajstić information content (AvgIpc) is 2.88. The fraction of sp³-hybridized carbons (Fsp3) is 0.485. The summed E-state index contributed by atoms with van der Waals surface area (Å²) in [5.74, 6) is -0.100. The highest BCUT2D eigenvalue weighted by atomic mass is 127. The molecule has 3 nitrogen and oxygen atoms in total. The molecule has 2 rings (SSSR count). The second-order valence-electron chi connectivity index (χ2n) is 13.0. The summed E-state index contributed by atoms with van der Waals surface area (Å²) in [6.07, 6.45) is 3.50. The van der Waals surface area contributed by atoms with Crippen molar-refractivity contribution < 1.29 is 8.85 Å². The summed E-state index contributed by atoms with van der Waals surface area (Å²) < 4.78 is 15.9. The lowest BCUT2D eigenvalue weighted by Gasteiger charge is -2.43. The summed E-state index contributed by atoms with van der Waals surface area (Å²) in [6, 6.07) is 24.1. The number of hydrogen-bond acceptors (Lipinski definition) is 3. The number of nitriles is 1. The minimum atomic E-state index is -2.70. The summed E-state index contributed by atoms with van der Waals surface area (Å²) in [5, 5.41) is 12.6. The van der Waals surface area contributed by atoms with Crippen LogP contribution in [0.2, 0.25) is 23.2 Å². The van der Waals surface area contributed by atoms with Crippen LogP contribution in [0.5, 0.6) is 0 Å². The van der Waals surface area contributed by atoms with Gasteiger partial charge in [0.05, 0.1) is 25.2 Å². The van der Waals surface area contributed by atoms with Crippen molar-refractivity contribution in [1.29, 1.82) is 5.26 Å². The van der Waals surface area contributed by atoms with E-state index in [1.54, 1.807) is 0 Å². The Labute approximate surface area is 254 Å². The molecule has 0 bridgehead atoms. The predicted molar refractivity (Wildman–Crippen MR) is 181 cm³/mol. The van der Waals surface area contributed by atoms with Crippen LogP contribution in [0.25, 0.3) is 0 Å². The van der Waals surface area contributed by atoms with Gasteiger partial charge in [-0.3, -0.25) is 0 Å². The SMILES string of the molecule is C/C(CO[Si](C)(C)C(C)(C)C)=C(\CO[Si](c1ccccc1)(c1ccccc1)C(C)(C)C)C[C@H](C#N)C/C=C\I. The van der Waals surface area contributed by atoms with E-state index in [-0.39, 0.29) is 16.0 Å². The van der Waals surface area contributed by atoms with E-state index in [0.717, 1.165) is 6.42 Å². The smallest absolute Gasteiger partial charge is 0.261 e. The fourth-order valence-corrected chi connectivity index (χ4v) is 10.5. The van der Waals surface area contributed by atoms with Crippen LogP contribution in [0.1, 0.15) is 61.3 Å². The molecular formula is C33H48INO2Si2. The lowest BCUT2D eigenvalue weighted by atomic mass is 9.95. The molecule has 0 radical (unpaired) electrons. The van der Waals surface area contributed by atoms with Gasteiger partial charge in [0, 0.05) is 0 Å². The van der Waals surface area contributed by atoms with Crippen molar-refractivity contribution in [3.8, 4) is 6.07 Å². The van der Waals surface area contributed by atoms with Crippen LogP contribution in [-0.2, 0) is 8.85 Å². The van der Waals surface area contributed by atoms with Gasteiger partial charge in [0.2, 0.25) is 0 Å². The molecule has 0 saturated carbocycles. The fourth-order valence-electron chi connectivity index (χ4n) is 4.62. The number of benzene rings is 2. The molecule has 0 unspecified atom stereocenters. The molecule has 39 heavy (non-hydrogen) atoms. The van der Waals surface area contributed by atoms with E-state index < -0.39 is 16.6 Å². The van der Waals surface area contributed by atoms with Gasteiger partial charge in [-0.2, -0.15) is 5.26 Å². The van der Waals surface area contributed by atoms with E-state index in [9.17, 15) is 5.26 Å². The first-order valence-electron chi connectivity index (χ1n) is 13.9. The van der Waals surface area contributed by atoms with Gasteiger partial charge in [-0.05, 0) is 68.5 Å². The van der Waals surface area contributed by atoms with Crippen LogP contribution in [0.4, 0.5) is 0 Å². The molecule has 0 N–H and O–H groups in total. The first-order chi connectivity index (χ1) is 18.2.